The average molecular weight is 336 g/mol. The van der Waals surface area contributed by atoms with Gasteiger partial charge in [0.1, 0.15) is 0 Å². The molecule has 1 amide bonds. The number of fused-ring (bicyclic) bond motifs is 3. The van der Waals surface area contributed by atoms with Crippen molar-refractivity contribution in [1.29, 1.82) is 0 Å². The predicted octanol–water partition coefficient (Wildman–Crippen LogP) is 2.53. The predicted molar refractivity (Wildman–Crippen MR) is 82.9 cm³/mol. The number of aromatic nitrogens is 1. The van der Waals surface area contributed by atoms with Crippen molar-refractivity contribution in [2.45, 2.75) is 32.3 Å². The molecule has 0 saturated heterocycles. The summed E-state index contributed by atoms with van der Waals surface area (Å²) in [5, 5.41) is 13.3. The Morgan fingerprint density at radius 2 is 2.08 bits per heavy atom. The maximum absolute atomic E-state index is 12.8. The minimum Gasteiger partial charge on any atom is -0.392 e. The summed E-state index contributed by atoms with van der Waals surface area (Å²) < 4.78 is 30.9. The Bertz CT molecular complexity index is 733. The van der Waals surface area contributed by atoms with Gasteiger partial charge in [-0.25, -0.2) is 8.78 Å². The van der Waals surface area contributed by atoms with E-state index >= 15 is 0 Å². The van der Waals surface area contributed by atoms with Gasteiger partial charge in [-0.2, -0.15) is 0 Å². The van der Waals surface area contributed by atoms with Crippen molar-refractivity contribution in [2.24, 2.45) is 0 Å². The van der Waals surface area contributed by atoms with Crippen LogP contribution in [0.25, 0.3) is 11.3 Å². The van der Waals surface area contributed by atoms with E-state index in [2.05, 4.69) is 5.16 Å². The zero-order chi connectivity index (χ0) is 17.3. The quantitative estimate of drug-likeness (QED) is 0.911. The van der Waals surface area contributed by atoms with E-state index in [1.807, 2.05) is 24.3 Å². The Morgan fingerprint density at radius 3 is 2.79 bits per heavy atom. The molecule has 0 aliphatic heterocycles. The molecule has 5 nitrogen and oxygen atoms in total. The van der Waals surface area contributed by atoms with E-state index in [1.165, 1.54) is 6.92 Å². The molecule has 1 heterocycles. The van der Waals surface area contributed by atoms with Gasteiger partial charge in [-0.1, -0.05) is 29.4 Å². The van der Waals surface area contributed by atoms with Gasteiger partial charge in [0, 0.05) is 17.7 Å². The Kier molecular flexibility index (Phi) is 4.62. The Hall–Kier alpha value is -2.28. The summed E-state index contributed by atoms with van der Waals surface area (Å²) in [6, 6.07) is 7.67. The van der Waals surface area contributed by atoms with E-state index in [1.54, 1.807) is 0 Å². The largest absolute Gasteiger partial charge is 0.392 e. The van der Waals surface area contributed by atoms with Gasteiger partial charge >= 0.3 is 0 Å². The molecule has 7 heteroatoms. The van der Waals surface area contributed by atoms with Crippen LogP contribution >= 0.6 is 0 Å². The second kappa shape index (κ2) is 6.68. The van der Waals surface area contributed by atoms with E-state index in [4.69, 9.17) is 4.52 Å². The fourth-order valence-electron chi connectivity index (χ4n) is 3.02. The van der Waals surface area contributed by atoms with Gasteiger partial charge in [0.25, 0.3) is 12.3 Å². The molecule has 24 heavy (non-hydrogen) atoms. The van der Waals surface area contributed by atoms with Crippen LogP contribution in [0.1, 0.15) is 28.5 Å². The van der Waals surface area contributed by atoms with Crippen LogP contribution in [0.4, 0.5) is 8.78 Å². The third-order valence-electron chi connectivity index (χ3n) is 4.03. The van der Waals surface area contributed by atoms with Crippen molar-refractivity contribution in [2.75, 3.05) is 13.1 Å². The summed E-state index contributed by atoms with van der Waals surface area (Å²) in [5.41, 5.74) is 2.68. The normalized spacial score (nSPS) is 14.2. The smallest absolute Gasteiger partial charge is 0.276 e. The topological polar surface area (TPSA) is 66.6 Å². The average Bonchev–Trinajstić information content (AvgIpc) is 2.97. The highest BCUT2D eigenvalue weighted by atomic mass is 19.3. The molecule has 0 spiro atoms. The molecule has 1 aromatic heterocycles. The lowest BCUT2D eigenvalue weighted by Gasteiger charge is -2.23. The molecule has 1 aromatic carbocycles. The van der Waals surface area contributed by atoms with Crippen LogP contribution in [0.2, 0.25) is 0 Å². The van der Waals surface area contributed by atoms with Crippen molar-refractivity contribution >= 4 is 5.91 Å². The molecule has 0 radical (unpaired) electrons. The maximum Gasteiger partial charge on any atom is 0.276 e. The molecule has 1 aliphatic carbocycles. The first-order chi connectivity index (χ1) is 11.5. The summed E-state index contributed by atoms with van der Waals surface area (Å²) in [7, 11) is 0. The van der Waals surface area contributed by atoms with Gasteiger partial charge in [-0.15, -0.1) is 0 Å². The fourth-order valence-corrected chi connectivity index (χ4v) is 3.02. The second-order valence-electron chi connectivity index (χ2n) is 5.95. The second-order valence-corrected chi connectivity index (χ2v) is 5.95. The first-order valence-corrected chi connectivity index (χ1v) is 7.79. The first-order valence-electron chi connectivity index (χ1n) is 7.79. The number of hydrogen-bond acceptors (Lipinski definition) is 4. The van der Waals surface area contributed by atoms with Crippen molar-refractivity contribution in [3.05, 3.63) is 41.1 Å². The van der Waals surface area contributed by atoms with E-state index in [0.29, 0.717) is 17.7 Å². The van der Waals surface area contributed by atoms with E-state index in [0.717, 1.165) is 22.4 Å². The number of amides is 1. The Balaban J connectivity index is 1.93. The number of hydrogen-bond donors (Lipinski definition) is 1. The van der Waals surface area contributed by atoms with Gasteiger partial charge in [0.2, 0.25) is 0 Å². The lowest BCUT2D eigenvalue weighted by atomic mass is 9.89. The van der Waals surface area contributed by atoms with Crippen LogP contribution < -0.4 is 0 Å². The minimum absolute atomic E-state index is 0.0563. The van der Waals surface area contributed by atoms with Crippen LogP contribution in [-0.4, -0.2) is 46.7 Å². The molecule has 1 atom stereocenters. The number of nitrogens with zero attached hydrogens (tertiary/aromatic N) is 2. The number of carbonyl (C=O) groups is 1. The molecule has 3 rings (SSSR count). The van der Waals surface area contributed by atoms with Crippen LogP contribution in [0.15, 0.2) is 28.8 Å². The number of aliphatic hydroxyl groups excluding tert-OH is 1. The van der Waals surface area contributed by atoms with Gasteiger partial charge < -0.3 is 14.5 Å². The lowest BCUT2D eigenvalue weighted by molar-refractivity contribution is 0.0411. The number of halogens is 2. The van der Waals surface area contributed by atoms with Crippen molar-refractivity contribution in [3.63, 3.8) is 0 Å². The zero-order valence-corrected chi connectivity index (χ0v) is 13.2. The fraction of sp³-hybridized carbons (Fsp3) is 0.412. The monoisotopic (exact) mass is 336 g/mol. The highest BCUT2D eigenvalue weighted by Crippen LogP contribution is 2.35. The number of carbonyl (C=O) groups excluding carboxylic acids is 1. The minimum atomic E-state index is -2.68. The molecular formula is C17H18F2N2O3. The number of benzene rings is 1. The summed E-state index contributed by atoms with van der Waals surface area (Å²) >= 11 is 0. The van der Waals surface area contributed by atoms with Crippen molar-refractivity contribution in [1.82, 2.24) is 10.1 Å². The van der Waals surface area contributed by atoms with Crippen molar-refractivity contribution in [3.8, 4) is 11.3 Å². The van der Waals surface area contributed by atoms with Crippen LogP contribution in [0, 0.1) is 0 Å². The molecule has 1 aliphatic rings. The number of aliphatic hydroxyl groups is 1. The highest BCUT2D eigenvalue weighted by Gasteiger charge is 2.31. The van der Waals surface area contributed by atoms with E-state index < -0.39 is 25.0 Å². The number of alkyl halides is 2. The summed E-state index contributed by atoms with van der Waals surface area (Å²) in [4.78, 5) is 13.5. The first kappa shape index (κ1) is 16.6. The molecule has 2 aromatic rings. The van der Waals surface area contributed by atoms with Gasteiger partial charge in [-0.05, 0) is 25.3 Å². The Labute approximate surface area is 137 Å². The number of aryl methyl sites for hydroxylation is 1. The molecule has 0 bridgehead atoms. The zero-order valence-electron chi connectivity index (χ0n) is 13.2. The summed E-state index contributed by atoms with van der Waals surface area (Å²) in [6.07, 6.45) is -2.29. The van der Waals surface area contributed by atoms with Crippen LogP contribution in [-0.2, 0) is 12.8 Å². The Morgan fingerprint density at radius 1 is 1.33 bits per heavy atom. The third kappa shape index (κ3) is 3.17. The molecule has 0 fully saturated rings. The van der Waals surface area contributed by atoms with Crippen LogP contribution in [0.3, 0.4) is 0 Å². The van der Waals surface area contributed by atoms with Crippen LogP contribution in [0.5, 0.6) is 0 Å². The SMILES string of the molecule is CC(O)CN(CC(F)F)C(=O)c1noc2c1CCc1ccccc1-2. The van der Waals surface area contributed by atoms with Gasteiger partial charge in [-0.3, -0.25) is 4.79 Å². The molecule has 1 unspecified atom stereocenters. The summed E-state index contributed by atoms with van der Waals surface area (Å²) in [5.74, 6) is -0.116. The van der Waals surface area contributed by atoms with E-state index in [9.17, 15) is 18.7 Å². The lowest BCUT2D eigenvalue weighted by Crippen LogP contribution is -2.40. The molecule has 1 N–H and O–H groups in total. The van der Waals surface area contributed by atoms with E-state index in [-0.39, 0.29) is 12.2 Å². The van der Waals surface area contributed by atoms with Gasteiger partial charge in [0.05, 0.1) is 12.6 Å². The molecule has 0 saturated carbocycles. The third-order valence-corrected chi connectivity index (χ3v) is 4.03. The number of rotatable bonds is 5. The molecular weight excluding hydrogens is 318 g/mol. The molecule has 128 valence electrons. The standard InChI is InChI=1S/C17H18F2N2O3/c1-10(22)8-21(9-14(18)19)17(23)15-13-7-6-11-4-2-3-5-12(11)16(13)24-20-15/h2-5,10,14,22H,6-9H2,1H3. The van der Waals surface area contributed by atoms with Crippen molar-refractivity contribution < 1.29 is 23.2 Å². The highest BCUT2D eigenvalue weighted by molar-refractivity contribution is 5.95. The summed E-state index contributed by atoms with van der Waals surface area (Å²) in [6.45, 7) is 0.517. The maximum atomic E-state index is 12.8. The van der Waals surface area contributed by atoms with Gasteiger partial charge in [0.15, 0.2) is 11.5 Å².